The van der Waals surface area contributed by atoms with Crippen LogP contribution in [0.1, 0.15) is 26.2 Å². The van der Waals surface area contributed by atoms with Crippen LogP contribution in [0.5, 0.6) is 0 Å². The Hall–Kier alpha value is -0.620. The number of hydrogen-bond donors (Lipinski definition) is 1. The van der Waals surface area contributed by atoms with Crippen molar-refractivity contribution >= 4 is 34.2 Å². The Morgan fingerprint density at radius 3 is 2.79 bits per heavy atom. The molecule has 19 heavy (non-hydrogen) atoms. The molecule has 1 amide bonds. The molecule has 4 heteroatoms. The molecule has 1 aliphatic rings. The van der Waals surface area contributed by atoms with E-state index >= 15 is 0 Å². The molecule has 1 saturated carbocycles. The summed E-state index contributed by atoms with van der Waals surface area (Å²) < 4.78 is 1.08. The molecule has 0 atom stereocenters. The van der Waals surface area contributed by atoms with Gasteiger partial charge in [0.15, 0.2) is 0 Å². The van der Waals surface area contributed by atoms with Crippen LogP contribution in [0.15, 0.2) is 24.3 Å². The van der Waals surface area contributed by atoms with Gasteiger partial charge in [0.1, 0.15) is 0 Å². The summed E-state index contributed by atoms with van der Waals surface area (Å²) in [6.07, 6.45) is 3.76. The van der Waals surface area contributed by atoms with E-state index in [1.54, 1.807) is 0 Å². The Bertz CT molecular complexity index is 432. The fourth-order valence-corrected chi connectivity index (χ4v) is 2.69. The van der Waals surface area contributed by atoms with Crippen LogP contribution in [-0.4, -0.2) is 30.4 Å². The summed E-state index contributed by atoms with van der Waals surface area (Å²) in [5.74, 6) is 0.925. The maximum Gasteiger partial charge on any atom is 0.238 e. The zero-order chi connectivity index (χ0) is 13.7. The number of para-hydroxylation sites is 1. The molecule has 1 fully saturated rings. The summed E-state index contributed by atoms with van der Waals surface area (Å²) in [5, 5.41) is 3.00. The number of hydrogen-bond acceptors (Lipinski definition) is 2. The second-order valence-electron chi connectivity index (χ2n) is 5.21. The van der Waals surface area contributed by atoms with Crippen LogP contribution in [0.2, 0.25) is 0 Å². The highest BCUT2D eigenvalue weighted by Gasteiger charge is 2.24. The number of halogens is 1. The molecule has 1 N–H and O–H groups in total. The fraction of sp³-hybridized carbons (Fsp3) is 0.533. The van der Waals surface area contributed by atoms with Crippen LogP contribution in [0.3, 0.4) is 0 Å². The molecule has 0 heterocycles. The first kappa shape index (κ1) is 14.8. The Labute approximate surface area is 128 Å². The van der Waals surface area contributed by atoms with Gasteiger partial charge in [0, 0.05) is 10.1 Å². The molecule has 0 radical (unpaired) electrons. The van der Waals surface area contributed by atoms with Gasteiger partial charge >= 0.3 is 0 Å². The van der Waals surface area contributed by atoms with E-state index in [1.165, 1.54) is 12.8 Å². The molecule has 2 rings (SSSR count). The molecular weight excluding hydrogens is 351 g/mol. The smallest absolute Gasteiger partial charge is 0.238 e. The van der Waals surface area contributed by atoms with Gasteiger partial charge in [-0.25, -0.2) is 0 Å². The van der Waals surface area contributed by atoms with E-state index in [0.717, 1.165) is 34.7 Å². The highest BCUT2D eigenvalue weighted by Crippen LogP contribution is 2.29. The Morgan fingerprint density at radius 2 is 2.16 bits per heavy atom. The minimum atomic E-state index is 0.0956. The van der Waals surface area contributed by atoms with Crippen LogP contribution in [-0.2, 0) is 4.79 Å². The van der Waals surface area contributed by atoms with Crippen LogP contribution in [0, 0.1) is 9.49 Å². The first-order chi connectivity index (χ1) is 9.19. The number of nitrogens with zero attached hydrogens (tertiary/aromatic N) is 1. The summed E-state index contributed by atoms with van der Waals surface area (Å²) in [6, 6.07) is 7.88. The monoisotopic (exact) mass is 372 g/mol. The van der Waals surface area contributed by atoms with Gasteiger partial charge in [0.2, 0.25) is 5.91 Å². The number of benzene rings is 1. The third-order valence-corrected chi connectivity index (χ3v) is 4.21. The maximum absolute atomic E-state index is 12.1. The molecule has 0 saturated heterocycles. The summed E-state index contributed by atoms with van der Waals surface area (Å²) in [6.45, 7) is 4.76. The van der Waals surface area contributed by atoms with Crippen molar-refractivity contribution in [2.24, 2.45) is 5.92 Å². The van der Waals surface area contributed by atoms with Crippen molar-refractivity contribution in [1.29, 1.82) is 0 Å². The SMILES string of the molecule is CCCN(CC(=O)Nc1ccccc1I)CC1CC1. The minimum absolute atomic E-state index is 0.0956. The Kier molecular flexibility index (Phi) is 5.63. The van der Waals surface area contributed by atoms with Gasteiger partial charge < -0.3 is 5.32 Å². The lowest BCUT2D eigenvalue weighted by atomic mass is 10.3. The number of carbonyl (C=O) groups is 1. The van der Waals surface area contributed by atoms with Crippen molar-refractivity contribution in [3.8, 4) is 0 Å². The normalized spacial score (nSPS) is 14.7. The van der Waals surface area contributed by atoms with Crippen LogP contribution >= 0.6 is 22.6 Å². The maximum atomic E-state index is 12.1. The molecule has 0 aromatic heterocycles. The van der Waals surface area contributed by atoms with E-state index in [2.05, 4.69) is 39.7 Å². The molecule has 3 nitrogen and oxygen atoms in total. The van der Waals surface area contributed by atoms with Crippen molar-refractivity contribution in [3.05, 3.63) is 27.8 Å². The topological polar surface area (TPSA) is 32.3 Å². The van der Waals surface area contributed by atoms with Crippen molar-refractivity contribution in [2.75, 3.05) is 25.0 Å². The lowest BCUT2D eigenvalue weighted by Crippen LogP contribution is -2.35. The minimum Gasteiger partial charge on any atom is -0.324 e. The molecule has 0 aliphatic heterocycles. The number of anilines is 1. The zero-order valence-electron chi connectivity index (χ0n) is 11.4. The molecular formula is C15H21IN2O. The van der Waals surface area contributed by atoms with E-state index in [1.807, 2.05) is 24.3 Å². The average molecular weight is 372 g/mol. The molecule has 0 spiro atoms. The number of rotatable bonds is 7. The van der Waals surface area contributed by atoms with Gasteiger partial charge in [-0.05, 0) is 66.4 Å². The van der Waals surface area contributed by atoms with Gasteiger partial charge in [0.05, 0.1) is 12.2 Å². The van der Waals surface area contributed by atoms with Gasteiger partial charge in [-0.3, -0.25) is 9.69 Å². The quantitative estimate of drug-likeness (QED) is 0.745. The van der Waals surface area contributed by atoms with E-state index in [4.69, 9.17) is 0 Å². The van der Waals surface area contributed by atoms with Crippen LogP contribution in [0.25, 0.3) is 0 Å². The van der Waals surface area contributed by atoms with Crippen LogP contribution < -0.4 is 5.32 Å². The van der Waals surface area contributed by atoms with E-state index in [-0.39, 0.29) is 5.91 Å². The van der Waals surface area contributed by atoms with E-state index in [9.17, 15) is 4.79 Å². The number of amides is 1. The fourth-order valence-electron chi connectivity index (χ4n) is 2.17. The van der Waals surface area contributed by atoms with E-state index < -0.39 is 0 Å². The highest BCUT2D eigenvalue weighted by molar-refractivity contribution is 14.1. The molecule has 1 aliphatic carbocycles. The first-order valence-electron chi connectivity index (χ1n) is 6.95. The van der Waals surface area contributed by atoms with Crippen molar-refractivity contribution in [2.45, 2.75) is 26.2 Å². The second kappa shape index (κ2) is 7.24. The van der Waals surface area contributed by atoms with Crippen molar-refractivity contribution in [3.63, 3.8) is 0 Å². The Morgan fingerprint density at radius 1 is 1.42 bits per heavy atom. The van der Waals surface area contributed by atoms with Gasteiger partial charge in [-0.15, -0.1) is 0 Å². The lowest BCUT2D eigenvalue weighted by Gasteiger charge is -2.21. The largest absolute Gasteiger partial charge is 0.324 e. The summed E-state index contributed by atoms with van der Waals surface area (Å²) in [7, 11) is 0. The van der Waals surface area contributed by atoms with Gasteiger partial charge in [0.25, 0.3) is 0 Å². The predicted octanol–water partition coefficient (Wildman–Crippen LogP) is 3.35. The first-order valence-corrected chi connectivity index (χ1v) is 8.03. The van der Waals surface area contributed by atoms with Crippen LogP contribution in [0.4, 0.5) is 5.69 Å². The molecule has 1 aromatic carbocycles. The number of carbonyl (C=O) groups excluding carboxylic acids is 1. The van der Waals surface area contributed by atoms with Gasteiger partial charge in [-0.1, -0.05) is 19.1 Å². The predicted molar refractivity (Wildman–Crippen MR) is 87.2 cm³/mol. The standard InChI is InChI=1S/C15H21IN2O/c1-2-9-18(10-12-7-8-12)11-15(19)17-14-6-4-3-5-13(14)16/h3-6,12H,2,7-11H2,1H3,(H,17,19). The zero-order valence-corrected chi connectivity index (χ0v) is 13.5. The lowest BCUT2D eigenvalue weighted by molar-refractivity contribution is -0.117. The molecule has 0 bridgehead atoms. The summed E-state index contributed by atoms with van der Waals surface area (Å²) in [5.41, 5.74) is 0.913. The van der Waals surface area contributed by atoms with Crippen molar-refractivity contribution in [1.82, 2.24) is 4.90 Å². The summed E-state index contributed by atoms with van der Waals surface area (Å²) >= 11 is 2.25. The molecule has 104 valence electrons. The highest BCUT2D eigenvalue weighted by atomic mass is 127. The van der Waals surface area contributed by atoms with Gasteiger partial charge in [-0.2, -0.15) is 0 Å². The third kappa shape index (κ3) is 5.10. The van der Waals surface area contributed by atoms with Crippen molar-refractivity contribution < 1.29 is 4.79 Å². The third-order valence-electron chi connectivity index (χ3n) is 3.27. The summed E-state index contributed by atoms with van der Waals surface area (Å²) in [4.78, 5) is 14.4. The molecule has 1 aromatic rings. The second-order valence-corrected chi connectivity index (χ2v) is 6.37. The number of nitrogens with one attached hydrogen (secondary N) is 1. The average Bonchev–Trinajstić information content (AvgIpc) is 3.16. The Balaban J connectivity index is 1.86. The van der Waals surface area contributed by atoms with E-state index in [0.29, 0.717) is 6.54 Å². The molecule has 0 unspecified atom stereocenters.